The van der Waals surface area contributed by atoms with Crippen molar-refractivity contribution in [3.63, 3.8) is 0 Å². The molecule has 1 aliphatic rings. The molecule has 0 saturated carbocycles. The van der Waals surface area contributed by atoms with Crippen LogP contribution >= 0.6 is 0 Å². The molecule has 7 nitrogen and oxygen atoms in total. The van der Waals surface area contributed by atoms with Crippen LogP contribution in [0.3, 0.4) is 0 Å². The fourth-order valence-electron chi connectivity index (χ4n) is 3.59. The predicted octanol–water partition coefficient (Wildman–Crippen LogP) is 4.56. The molecule has 5 rings (SSSR count). The molecular formula is C23H23N5O2. The van der Waals surface area contributed by atoms with Gasteiger partial charge in [0.15, 0.2) is 11.5 Å². The zero-order valence-electron chi connectivity index (χ0n) is 16.5. The highest BCUT2D eigenvalue weighted by Crippen LogP contribution is 2.34. The maximum atomic E-state index is 6.16. The molecule has 1 atom stereocenters. The number of hydrogen-bond acceptors (Lipinski definition) is 6. The number of anilines is 1. The van der Waals surface area contributed by atoms with Crippen LogP contribution in [0.2, 0.25) is 0 Å². The number of rotatable bonds is 7. The fraction of sp³-hybridized carbons (Fsp3) is 0.217. The van der Waals surface area contributed by atoms with Crippen LogP contribution < -0.4 is 20.1 Å². The summed E-state index contributed by atoms with van der Waals surface area (Å²) in [4.78, 5) is 4.37. The molecule has 3 N–H and O–H groups in total. The minimum absolute atomic E-state index is 0.606. The van der Waals surface area contributed by atoms with E-state index in [9.17, 15) is 0 Å². The minimum atomic E-state index is 0.606. The molecule has 1 saturated heterocycles. The summed E-state index contributed by atoms with van der Waals surface area (Å²) in [5.74, 6) is 4.35. The fourth-order valence-corrected chi connectivity index (χ4v) is 3.59. The maximum Gasteiger partial charge on any atom is 0.161 e. The van der Waals surface area contributed by atoms with E-state index in [1.807, 2.05) is 60.7 Å². The van der Waals surface area contributed by atoms with Gasteiger partial charge in [0.2, 0.25) is 0 Å². The van der Waals surface area contributed by atoms with Gasteiger partial charge in [-0.3, -0.25) is 5.10 Å². The summed E-state index contributed by atoms with van der Waals surface area (Å²) >= 11 is 0. The van der Waals surface area contributed by atoms with E-state index in [1.165, 1.54) is 6.42 Å². The smallest absolute Gasteiger partial charge is 0.161 e. The molecule has 152 valence electrons. The van der Waals surface area contributed by atoms with Gasteiger partial charge in [0, 0.05) is 18.8 Å². The number of aromatic amines is 1. The molecule has 1 aliphatic heterocycles. The van der Waals surface area contributed by atoms with E-state index in [4.69, 9.17) is 9.47 Å². The Morgan fingerprint density at radius 2 is 1.70 bits per heavy atom. The average Bonchev–Trinajstić information content (AvgIpc) is 3.45. The zero-order valence-corrected chi connectivity index (χ0v) is 16.5. The third-order valence-electron chi connectivity index (χ3n) is 5.17. The second-order valence-electron chi connectivity index (χ2n) is 7.33. The van der Waals surface area contributed by atoms with Crippen LogP contribution in [0.1, 0.15) is 6.42 Å². The largest absolute Gasteiger partial charge is 0.457 e. The quantitative estimate of drug-likeness (QED) is 0.421. The number of benzene rings is 2. The molecule has 1 fully saturated rings. The number of nitrogens with one attached hydrogen (secondary N) is 3. The average molecular weight is 401 g/mol. The third-order valence-corrected chi connectivity index (χ3v) is 5.17. The normalized spacial score (nSPS) is 15.9. The summed E-state index contributed by atoms with van der Waals surface area (Å²) in [5, 5.41) is 15.1. The summed E-state index contributed by atoms with van der Waals surface area (Å²) in [6.07, 6.45) is 2.89. The molecule has 4 aromatic rings. The summed E-state index contributed by atoms with van der Waals surface area (Å²) in [6, 6.07) is 19.1. The molecule has 0 aliphatic carbocycles. The van der Waals surface area contributed by atoms with Gasteiger partial charge in [-0.1, -0.05) is 18.2 Å². The van der Waals surface area contributed by atoms with Gasteiger partial charge in [-0.25, -0.2) is 4.98 Å². The van der Waals surface area contributed by atoms with Crippen LogP contribution in [0.4, 0.5) is 5.82 Å². The highest BCUT2D eigenvalue weighted by Gasteiger charge is 2.17. The molecule has 0 bridgehead atoms. The van der Waals surface area contributed by atoms with Gasteiger partial charge in [-0.05, 0) is 61.8 Å². The van der Waals surface area contributed by atoms with Crippen LogP contribution in [0.15, 0.2) is 66.9 Å². The number of H-pyrrole nitrogens is 1. The monoisotopic (exact) mass is 401 g/mol. The van der Waals surface area contributed by atoms with E-state index in [1.54, 1.807) is 6.20 Å². The SMILES string of the molecule is c1ccc(Oc2ccc(Oc3ccnc4[nH]nc(NC[C@H]5CCNC5)c34)cc2)cc1. The van der Waals surface area contributed by atoms with Crippen molar-refractivity contribution in [3.05, 3.63) is 66.9 Å². The van der Waals surface area contributed by atoms with Gasteiger partial charge in [-0.15, -0.1) is 0 Å². The first-order valence-electron chi connectivity index (χ1n) is 10.1. The Kier molecular flexibility index (Phi) is 5.18. The first-order valence-corrected chi connectivity index (χ1v) is 10.1. The highest BCUT2D eigenvalue weighted by atomic mass is 16.5. The molecule has 0 spiro atoms. The van der Waals surface area contributed by atoms with Crippen molar-refractivity contribution in [2.45, 2.75) is 6.42 Å². The standard InChI is InChI=1S/C23H23N5O2/c1-2-4-17(5-3-1)29-18-6-8-19(9-7-18)30-20-11-13-25-22-21(20)23(28-27-22)26-15-16-10-12-24-14-16/h1-9,11,13,16,24H,10,12,14-15H2,(H2,25,26,27,28)/t16-/m0/s1. The summed E-state index contributed by atoms with van der Waals surface area (Å²) in [5.41, 5.74) is 0.698. The lowest BCUT2D eigenvalue weighted by Gasteiger charge is -2.11. The molecule has 30 heavy (non-hydrogen) atoms. The van der Waals surface area contributed by atoms with E-state index < -0.39 is 0 Å². The van der Waals surface area contributed by atoms with Crippen molar-refractivity contribution >= 4 is 16.9 Å². The van der Waals surface area contributed by atoms with Gasteiger partial charge in [-0.2, -0.15) is 5.10 Å². The first-order chi connectivity index (χ1) is 14.8. The van der Waals surface area contributed by atoms with Gasteiger partial charge in [0.1, 0.15) is 28.4 Å². The Morgan fingerprint density at radius 1 is 0.933 bits per heavy atom. The van der Waals surface area contributed by atoms with E-state index >= 15 is 0 Å². The molecule has 0 amide bonds. The van der Waals surface area contributed by atoms with E-state index in [0.717, 1.165) is 48.1 Å². The number of hydrogen-bond donors (Lipinski definition) is 3. The predicted molar refractivity (Wildman–Crippen MR) is 116 cm³/mol. The number of nitrogens with zero attached hydrogens (tertiary/aromatic N) is 2. The van der Waals surface area contributed by atoms with Gasteiger partial charge in [0.25, 0.3) is 0 Å². The van der Waals surface area contributed by atoms with E-state index in [2.05, 4.69) is 25.8 Å². The summed E-state index contributed by atoms with van der Waals surface area (Å²) in [6.45, 7) is 2.98. The lowest BCUT2D eigenvalue weighted by atomic mass is 10.1. The van der Waals surface area contributed by atoms with Crippen molar-refractivity contribution in [2.75, 3.05) is 25.0 Å². The number of aromatic nitrogens is 3. The van der Waals surface area contributed by atoms with Crippen LogP contribution in [-0.2, 0) is 0 Å². The maximum absolute atomic E-state index is 6.16. The van der Waals surface area contributed by atoms with Crippen molar-refractivity contribution in [3.8, 4) is 23.0 Å². The minimum Gasteiger partial charge on any atom is -0.457 e. The van der Waals surface area contributed by atoms with Crippen molar-refractivity contribution in [1.29, 1.82) is 0 Å². The molecule has 2 aromatic heterocycles. The van der Waals surface area contributed by atoms with Crippen LogP contribution in [0, 0.1) is 5.92 Å². The molecule has 0 unspecified atom stereocenters. The topological polar surface area (TPSA) is 84.1 Å². The number of pyridine rings is 1. The Balaban J connectivity index is 1.32. The molecule has 2 aromatic carbocycles. The van der Waals surface area contributed by atoms with Crippen molar-refractivity contribution in [2.24, 2.45) is 5.92 Å². The molecular weight excluding hydrogens is 378 g/mol. The molecule has 7 heteroatoms. The lowest BCUT2D eigenvalue weighted by molar-refractivity contribution is 0.471. The summed E-state index contributed by atoms with van der Waals surface area (Å²) < 4.78 is 12.0. The Labute approximate surface area is 174 Å². The van der Waals surface area contributed by atoms with Crippen molar-refractivity contribution < 1.29 is 9.47 Å². The second kappa shape index (κ2) is 8.42. The molecule has 3 heterocycles. The Hall–Kier alpha value is -3.58. The van der Waals surface area contributed by atoms with Crippen LogP contribution in [0.5, 0.6) is 23.0 Å². The highest BCUT2D eigenvalue weighted by molar-refractivity contribution is 5.92. The van der Waals surface area contributed by atoms with Gasteiger partial charge in [0.05, 0.1) is 0 Å². The Morgan fingerprint density at radius 3 is 2.47 bits per heavy atom. The zero-order chi connectivity index (χ0) is 20.2. The lowest BCUT2D eigenvalue weighted by Crippen LogP contribution is -2.17. The summed E-state index contributed by atoms with van der Waals surface area (Å²) in [7, 11) is 0. The number of para-hydroxylation sites is 1. The van der Waals surface area contributed by atoms with Gasteiger partial charge < -0.3 is 20.1 Å². The Bertz CT molecular complexity index is 1110. The first kappa shape index (κ1) is 18.4. The third kappa shape index (κ3) is 4.06. The van der Waals surface area contributed by atoms with E-state index in [0.29, 0.717) is 17.3 Å². The van der Waals surface area contributed by atoms with Crippen molar-refractivity contribution in [1.82, 2.24) is 20.5 Å². The number of fused-ring (bicyclic) bond motifs is 1. The van der Waals surface area contributed by atoms with Gasteiger partial charge >= 0.3 is 0 Å². The second-order valence-corrected chi connectivity index (χ2v) is 7.33. The van der Waals surface area contributed by atoms with E-state index in [-0.39, 0.29) is 0 Å². The van der Waals surface area contributed by atoms with Crippen LogP contribution in [0.25, 0.3) is 11.0 Å². The number of ether oxygens (including phenoxy) is 2. The molecule has 0 radical (unpaired) electrons. The van der Waals surface area contributed by atoms with Crippen LogP contribution in [-0.4, -0.2) is 34.8 Å².